The molecule has 2 heterocycles. The lowest BCUT2D eigenvalue weighted by atomic mass is 9.99. The molecule has 2 N–H and O–H groups in total. The van der Waals surface area contributed by atoms with Crippen LogP contribution in [-0.4, -0.2) is 52.6 Å². The zero-order chi connectivity index (χ0) is 21.8. The number of carbonyl (C=O) groups is 2. The molecule has 1 aromatic carbocycles. The van der Waals surface area contributed by atoms with Crippen molar-refractivity contribution in [1.29, 1.82) is 0 Å². The van der Waals surface area contributed by atoms with Crippen LogP contribution in [0.25, 0.3) is 10.2 Å². The maximum atomic E-state index is 13.7. The van der Waals surface area contributed by atoms with Crippen molar-refractivity contribution in [3.05, 3.63) is 29.3 Å². The van der Waals surface area contributed by atoms with Crippen molar-refractivity contribution in [2.24, 2.45) is 0 Å². The van der Waals surface area contributed by atoms with Crippen LogP contribution in [0.15, 0.2) is 24.3 Å². The molecule has 2 aromatic rings. The van der Waals surface area contributed by atoms with E-state index in [1.165, 1.54) is 0 Å². The van der Waals surface area contributed by atoms with E-state index in [2.05, 4.69) is 10.3 Å². The van der Waals surface area contributed by atoms with E-state index in [-0.39, 0.29) is 12.5 Å². The van der Waals surface area contributed by atoms with Crippen LogP contribution in [0.3, 0.4) is 0 Å². The second-order valence-corrected chi connectivity index (χ2v) is 8.45. The van der Waals surface area contributed by atoms with Gasteiger partial charge in [0.15, 0.2) is 0 Å². The molecule has 164 valence electrons. The Hall–Kier alpha value is -2.20. The molecule has 1 aliphatic rings. The van der Waals surface area contributed by atoms with Crippen molar-refractivity contribution in [1.82, 2.24) is 15.2 Å². The number of nitrogens with one attached hydrogen (secondary N) is 1. The van der Waals surface area contributed by atoms with Gasteiger partial charge in [-0.3, -0.25) is 9.59 Å². The van der Waals surface area contributed by atoms with Crippen LogP contribution < -0.4 is 5.32 Å². The molecule has 1 aromatic heterocycles. The Bertz CT molecular complexity index is 869. The number of carbonyl (C=O) groups excluding carboxylic acids is 2. The Morgan fingerprint density at radius 2 is 2.00 bits per heavy atom. The second-order valence-electron chi connectivity index (χ2n) is 7.42. The monoisotopic (exact) mass is 443 g/mol. The van der Waals surface area contributed by atoms with Crippen LogP contribution in [0, 0.1) is 0 Å². The third kappa shape index (κ3) is 5.10. The van der Waals surface area contributed by atoms with Crippen molar-refractivity contribution < 1.29 is 27.9 Å². The Labute approximate surface area is 176 Å². The Morgan fingerprint density at radius 3 is 2.73 bits per heavy atom. The van der Waals surface area contributed by atoms with Crippen LogP contribution in [0.5, 0.6) is 0 Å². The van der Waals surface area contributed by atoms with Crippen molar-refractivity contribution >= 4 is 33.4 Å². The Kier molecular flexibility index (Phi) is 6.97. The SMILES string of the molecule is O=C(CC(O)(c1nc2ccccc2s1)C(F)(F)F)NCCCN1CCCCCC1=O. The first-order chi connectivity index (χ1) is 14.2. The molecular formula is C20H24F3N3O3S. The fourth-order valence-electron chi connectivity index (χ4n) is 3.41. The number of halogens is 3. The van der Waals surface area contributed by atoms with Crippen molar-refractivity contribution in [3.8, 4) is 0 Å². The first-order valence-corrected chi connectivity index (χ1v) is 10.7. The average molecular weight is 443 g/mol. The van der Waals surface area contributed by atoms with Gasteiger partial charge in [0.1, 0.15) is 5.01 Å². The lowest BCUT2D eigenvalue weighted by Gasteiger charge is -2.28. The summed E-state index contributed by atoms with van der Waals surface area (Å²) in [4.78, 5) is 29.8. The number of rotatable bonds is 7. The number of alkyl halides is 3. The molecule has 1 fully saturated rings. The summed E-state index contributed by atoms with van der Waals surface area (Å²) < 4.78 is 41.6. The van der Waals surface area contributed by atoms with E-state index < -0.39 is 29.1 Å². The van der Waals surface area contributed by atoms with E-state index in [0.717, 1.165) is 30.6 Å². The number of fused-ring (bicyclic) bond motifs is 1. The van der Waals surface area contributed by atoms with Gasteiger partial charge in [-0.25, -0.2) is 4.98 Å². The molecule has 1 saturated heterocycles. The highest BCUT2D eigenvalue weighted by molar-refractivity contribution is 7.18. The number of aliphatic hydroxyl groups is 1. The number of benzene rings is 1. The summed E-state index contributed by atoms with van der Waals surface area (Å²) in [5.74, 6) is -0.850. The van der Waals surface area contributed by atoms with Crippen molar-refractivity contribution in [3.63, 3.8) is 0 Å². The van der Waals surface area contributed by atoms with Crippen LogP contribution >= 0.6 is 11.3 Å². The van der Waals surface area contributed by atoms with E-state index >= 15 is 0 Å². The topological polar surface area (TPSA) is 82.5 Å². The lowest BCUT2D eigenvalue weighted by molar-refractivity contribution is -0.267. The average Bonchev–Trinajstić information content (AvgIpc) is 3.02. The number of amides is 2. The molecule has 0 spiro atoms. The normalized spacial score (nSPS) is 17.6. The highest BCUT2D eigenvalue weighted by Crippen LogP contribution is 2.44. The van der Waals surface area contributed by atoms with Gasteiger partial charge in [-0.2, -0.15) is 13.2 Å². The predicted molar refractivity (Wildman–Crippen MR) is 107 cm³/mol. The molecular weight excluding hydrogens is 419 g/mol. The predicted octanol–water partition coefficient (Wildman–Crippen LogP) is 3.35. The quantitative estimate of drug-likeness (QED) is 0.643. The van der Waals surface area contributed by atoms with Gasteiger partial charge >= 0.3 is 6.18 Å². The molecule has 2 amide bonds. The lowest BCUT2D eigenvalue weighted by Crippen LogP contribution is -2.46. The fourth-order valence-corrected chi connectivity index (χ4v) is 4.49. The number of nitrogens with zero attached hydrogens (tertiary/aromatic N) is 2. The highest BCUT2D eigenvalue weighted by Gasteiger charge is 2.58. The van der Waals surface area contributed by atoms with Gasteiger partial charge in [0.2, 0.25) is 17.4 Å². The number of thiazole rings is 1. The fraction of sp³-hybridized carbons (Fsp3) is 0.550. The van der Waals surface area contributed by atoms with E-state index in [4.69, 9.17) is 0 Å². The number of hydrogen-bond acceptors (Lipinski definition) is 5. The summed E-state index contributed by atoms with van der Waals surface area (Å²) in [6.45, 7) is 1.23. The van der Waals surface area contributed by atoms with E-state index in [1.54, 1.807) is 29.2 Å². The summed E-state index contributed by atoms with van der Waals surface area (Å²) in [6.07, 6.45) is -2.49. The van der Waals surface area contributed by atoms with E-state index in [0.29, 0.717) is 36.1 Å². The molecule has 1 atom stereocenters. The molecule has 0 aliphatic carbocycles. The summed E-state index contributed by atoms with van der Waals surface area (Å²) in [6, 6.07) is 6.47. The molecule has 1 aliphatic heterocycles. The minimum atomic E-state index is -5.06. The Balaban J connectivity index is 1.59. The second kappa shape index (κ2) is 9.30. The van der Waals surface area contributed by atoms with Crippen molar-refractivity contribution in [2.45, 2.75) is 50.3 Å². The maximum absolute atomic E-state index is 13.7. The first-order valence-electron chi connectivity index (χ1n) is 9.90. The number of aromatic nitrogens is 1. The van der Waals surface area contributed by atoms with Crippen LogP contribution in [0.1, 0.15) is 43.5 Å². The number of likely N-dealkylation sites (tertiary alicyclic amines) is 1. The number of hydrogen-bond donors (Lipinski definition) is 2. The summed E-state index contributed by atoms with van der Waals surface area (Å²) in [7, 11) is 0. The van der Waals surface area contributed by atoms with Gasteiger partial charge in [-0.05, 0) is 31.4 Å². The first kappa shape index (κ1) is 22.5. The third-order valence-electron chi connectivity index (χ3n) is 5.13. The molecule has 3 rings (SSSR count). The molecule has 0 saturated carbocycles. The molecule has 30 heavy (non-hydrogen) atoms. The maximum Gasteiger partial charge on any atom is 0.424 e. The molecule has 6 nitrogen and oxygen atoms in total. The molecule has 0 radical (unpaired) electrons. The largest absolute Gasteiger partial charge is 0.424 e. The zero-order valence-electron chi connectivity index (χ0n) is 16.4. The van der Waals surface area contributed by atoms with E-state index in [9.17, 15) is 27.9 Å². The van der Waals surface area contributed by atoms with Crippen molar-refractivity contribution in [2.75, 3.05) is 19.6 Å². The smallest absolute Gasteiger partial charge is 0.374 e. The third-order valence-corrected chi connectivity index (χ3v) is 6.32. The van der Waals surface area contributed by atoms with E-state index in [1.807, 2.05) is 0 Å². The van der Waals surface area contributed by atoms with Crippen LogP contribution in [0.4, 0.5) is 13.2 Å². The summed E-state index contributed by atoms with van der Waals surface area (Å²) >= 11 is 0.717. The van der Waals surface area contributed by atoms with Gasteiger partial charge in [0.05, 0.1) is 16.6 Å². The minimum absolute atomic E-state index is 0.0705. The Morgan fingerprint density at radius 1 is 1.23 bits per heavy atom. The highest BCUT2D eigenvalue weighted by atomic mass is 32.1. The summed E-state index contributed by atoms with van der Waals surface area (Å²) in [5.41, 5.74) is -3.02. The van der Waals surface area contributed by atoms with Gasteiger partial charge in [-0.1, -0.05) is 18.6 Å². The van der Waals surface area contributed by atoms with Gasteiger partial charge < -0.3 is 15.3 Å². The molecule has 1 unspecified atom stereocenters. The van der Waals surface area contributed by atoms with Gasteiger partial charge in [0, 0.05) is 26.1 Å². The van der Waals surface area contributed by atoms with Gasteiger partial charge in [-0.15, -0.1) is 11.3 Å². The standard InChI is InChI=1S/C20H24F3N3O3S/c21-20(22,23)19(29,18-25-14-7-3-4-8-15(14)30-18)13-16(27)24-10-6-12-26-11-5-1-2-9-17(26)28/h3-4,7-8,29H,1-2,5-6,9-13H2,(H,24,27). The number of para-hydroxylation sites is 1. The minimum Gasteiger partial charge on any atom is -0.374 e. The summed E-state index contributed by atoms with van der Waals surface area (Å²) in [5, 5.41) is 12.3. The van der Waals surface area contributed by atoms with Crippen LogP contribution in [-0.2, 0) is 15.2 Å². The molecule has 0 bridgehead atoms. The van der Waals surface area contributed by atoms with Gasteiger partial charge in [0.25, 0.3) is 0 Å². The van der Waals surface area contributed by atoms with Crippen LogP contribution in [0.2, 0.25) is 0 Å². The molecule has 10 heteroatoms. The zero-order valence-corrected chi connectivity index (χ0v) is 17.2.